The predicted molar refractivity (Wildman–Crippen MR) is 92.1 cm³/mol. The molecule has 1 heterocycles. The third-order valence-electron chi connectivity index (χ3n) is 3.27. The van der Waals surface area contributed by atoms with E-state index in [1.165, 1.54) is 36.5 Å². The molecule has 5 nitrogen and oxygen atoms in total. The Bertz CT molecular complexity index is 1000. The van der Waals surface area contributed by atoms with Crippen molar-refractivity contribution < 1.29 is 22.4 Å². The van der Waals surface area contributed by atoms with Crippen LogP contribution in [0.15, 0.2) is 65.0 Å². The number of rotatable bonds is 4. The number of carbonyl (C=O) groups is 1. The van der Waals surface area contributed by atoms with Crippen molar-refractivity contribution >= 4 is 33.1 Å². The number of benzene rings is 2. The molecule has 0 radical (unpaired) electrons. The van der Waals surface area contributed by atoms with Gasteiger partial charge in [0.15, 0.2) is 10.1 Å². The summed E-state index contributed by atoms with van der Waals surface area (Å²) in [6, 6.07) is 9.87. The number of nitrogens with one attached hydrogen (secondary N) is 1. The Kier molecular flexibility index (Phi) is 5.26. The summed E-state index contributed by atoms with van der Waals surface area (Å²) in [5.41, 5.74) is -0.948. The Balaban J connectivity index is 1.70. The zero-order valence-electron chi connectivity index (χ0n) is 13.4. The summed E-state index contributed by atoms with van der Waals surface area (Å²) >= 11 is 0.943. The lowest BCUT2D eigenvalue weighted by Crippen LogP contribution is -2.13. The first-order valence-corrected chi connectivity index (χ1v) is 8.25. The maximum Gasteiger partial charge on any atom is 0.416 e. The number of anilines is 1. The van der Waals surface area contributed by atoms with Crippen LogP contribution in [0.5, 0.6) is 0 Å². The van der Waals surface area contributed by atoms with Crippen molar-refractivity contribution in [1.82, 2.24) is 4.98 Å². The van der Waals surface area contributed by atoms with Crippen LogP contribution in [-0.2, 0) is 6.18 Å². The zero-order chi connectivity index (χ0) is 19.4. The lowest BCUT2D eigenvalue weighted by Gasteiger charge is -2.05. The number of alkyl halides is 3. The summed E-state index contributed by atoms with van der Waals surface area (Å²) in [5, 5.41) is 10.4. The van der Waals surface area contributed by atoms with E-state index in [0.717, 1.165) is 29.5 Å². The highest BCUT2D eigenvalue weighted by Gasteiger charge is 2.30. The highest BCUT2D eigenvalue weighted by Crippen LogP contribution is 2.33. The molecular formula is C17H10F4N4OS. The summed E-state index contributed by atoms with van der Waals surface area (Å²) in [5.74, 6) is -1.35. The van der Waals surface area contributed by atoms with Crippen molar-refractivity contribution in [1.29, 1.82) is 0 Å². The number of carbonyl (C=O) groups excluding carboxylic acids is 1. The average molecular weight is 394 g/mol. The highest BCUT2D eigenvalue weighted by atomic mass is 32.1. The van der Waals surface area contributed by atoms with Crippen molar-refractivity contribution in [3.8, 4) is 0 Å². The Hall–Kier alpha value is -3.14. The maximum absolute atomic E-state index is 13.6. The Morgan fingerprint density at radius 1 is 1.07 bits per heavy atom. The van der Waals surface area contributed by atoms with Crippen LogP contribution in [0.1, 0.15) is 15.9 Å². The van der Waals surface area contributed by atoms with Gasteiger partial charge in [-0.2, -0.15) is 13.2 Å². The van der Waals surface area contributed by atoms with E-state index in [-0.39, 0.29) is 21.4 Å². The molecule has 0 aliphatic heterocycles. The van der Waals surface area contributed by atoms with Crippen LogP contribution in [0, 0.1) is 5.82 Å². The average Bonchev–Trinajstić information content (AvgIpc) is 3.07. The second-order valence-electron chi connectivity index (χ2n) is 5.19. The van der Waals surface area contributed by atoms with Crippen LogP contribution in [0.4, 0.5) is 33.4 Å². The van der Waals surface area contributed by atoms with E-state index in [1.807, 2.05) is 0 Å². The van der Waals surface area contributed by atoms with Gasteiger partial charge < -0.3 is 0 Å². The number of nitrogens with zero attached hydrogens (tertiary/aromatic N) is 3. The summed E-state index contributed by atoms with van der Waals surface area (Å²) in [4.78, 5) is 15.9. The molecule has 0 unspecified atom stereocenters. The van der Waals surface area contributed by atoms with Crippen LogP contribution in [0.2, 0.25) is 0 Å². The van der Waals surface area contributed by atoms with Crippen LogP contribution < -0.4 is 5.32 Å². The van der Waals surface area contributed by atoms with E-state index in [4.69, 9.17) is 0 Å². The molecule has 0 saturated heterocycles. The topological polar surface area (TPSA) is 66.7 Å². The minimum Gasteiger partial charge on any atom is -0.298 e. The van der Waals surface area contributed by atoms with Crippen LogP contribution in [0.3, 0.4) is 0 Å². The summed E-state index contributed by atoms with van der Waals surface area (Å²) in [7, 11) is 0. The molecule has 0 aliphatic rings. The van der Waals surface area contributed by atoms with Crippen molar-refractivity contribution in [2.24, 2.45) is 10.2 Å². The van der Waals surface area contributed by atoms with Crippen LogP contribution >= 0.6 is 11.3 Å². The molecule has 0 atom stereocenters. The smallest absolute Gasteiger partial charge is 0.298 e. The van der Waals surface area contributed by atoms with Crippen molar-refractivity contribution in [2.75, 3.05) is 5.32 Å². The minimum absolute atomic E-state index is 0.0233. The molecule has 0 aliphatic carbocycles. The molecule has 0 fully saturated rings. The van der Waals surface area contributed by atoms with Gasteiger partial charge in [0, 0.05) is 0 Å². The Morgan fingerprint density at radius 3 is 2.59 bits per heavy atom. The number of hydrogen-bond donors (Lipinski definition) is 1. The normalized spacial score (nSPS) is 11.7. The molecule has 1 aromatic heterocycles. The van der Waals surface area contributed by atoms with Gasteiger partial charge in [-0.1, -0.05) is 29.5 Å². The van der Waals surface area contributed by atoms with Crippen molar-refractivity contribution in [2.45, 2.75) is 6.18 Å². The Labute approximate surface area is 154 Å². The van der Waals surface area contributed by atoms with E-state index in [0.29, 0.717) is 0 Å². The summed E-state index contributed by atoms with van der Waals surface area (Å²) < 4.78 is 51.6. The van der Waals surface area contributed by atoms with Gasteiger partial charge in [0.2, 0.25) is 0 Å². The van der Waals surface area contributed by atoms with Crippen molar-refractivity contribution in [3.05, 3.63) is 71.7 Å². The molecule has 138 valence electrons. The lowest BCUT2D eigenvalue weighted by molar-refractivity contribution is -0.137. The fourth-order valence-electron chi connectivity index (χ4n) is 2.03. The van der Waals surface area contributed by atoms with Gasteiger partial charge in [0.05, 0.1) is 23.0 Å². The van der Waals surface area contributed by atoms with Gasteiger partial charge in [-0.3, -0.25) is 10.1 Å². The van der Waals surface area contributed by atoms with E-state index in [9.17, 15) is 22.4 Å². The standard InChI is InChI=1S/C17H10F4N4OS/c18-13-7-2-1-6-12(13)15(26)23-16-22-9-14(27-16)25-24-11-5-3-4-10(8-11)17(19,20)21/h1-9H,(H,22,23,26). The van der Waals surface area contributed by atoms with E-state index >= 15 is 0 Å². The first-order chi connectivity index (χ1) is 12.8. The first-order valence-electron chi connectivity index (χ1n) is 7.43. The molecular weight excluding hydrogens is 384 g/mol. The lowest BCUT2D eigenvalue weighted by atomic mass is 10.2. The zero-order valence-corrected chi connectivity index (χ0v) is 14.2. The third kappa shape index (κ3) is 4.73. The molecule has 3 aromatic rings. The molecule has 1 amide bonds. The molecule has 2 aromatic carbocycles. The van der Waals surface area contributed by atoms with E-state index < -0.39 is 23.5 Å². The third-order valence-corrected chi connectivity index (χ3v) is 4.07. The van der Waals surface area contributed by atoms with E-state index in [1.54, 1.807) is 0 Å². The second-order valence-corrected chi connectivity index (χ2v) is 6.19. The Morgan fingerprint density at radius 2 is 1.85 bits per heavy atom. The number of halogens is 4. The van der Waals surface area contributed by atoms with Gasteiger partial charge in [0.25, 0.3) is 5.91 Å². The summed E-state index contributed by atoms with van der Waals surface area (Å²) in [6.45, 7) is 0. The van der Waals surface area contributed by atoms with Gasteiger partial charge in [0.1, 0.15) is 5.82 Å². The maximum atomic E-state index is 13.6. The highest BCUT2D eigenvalue weighted by molar-refractivity contribution is 7.19. The molecule has 0 bridgehead atoms. The number of aromatic nitrogens is 1. The molecule has 0 saturated carbocycles. The minimum atomic E-state index is -4.47. The van der Waals surface area contributed by atoms with Gasteiger partial charge >= 0.3 is 6.18 Å². The molecule has 27 heavy (non-hydrogen) atoms. The molecule has 0 spiro atoms. The van der Waals surface area contributed by atoms with Crippen LogP contribution in [-0.4, -0.2) is 10.9 Å². The number of amides is 1. The molecule has 1 N–H and O–H groups in total. The van der Waals surface area contributed by atoms with Gasteiger partial charge in [-0.25, -0.2) is 9.37 Å². The van der Waals surface area contributed by atoms with E-state index in [2.05, 4.69) is 20.5 Å². The number of azo groups is 1. The SMILES string of the molecule is O=C(Nc1ncc(N=Nc2cccc(C(F)(F)F)c2)s1)c1ccccc1F. The fraction of sp³-hybridized carbons (Fsp3) is 0.0588. The number of thiazole rings is 1. The summed E-state index contributed by atoms with van der Waals surface area (Å²) in [6.07, 6.45) is -3.18. The molecule has 10 heteroatoms. The first kappa shape index (κ1) is 18.6. The van der Waals surface area contributed by atoms with Crippen LogP contribution in [0.25, 0.3) is 0 Å². The largest absolute Gasteiger partial charge is 0.416 e. The monoisotopic (exact) mass is 394 g/mol. The number of hydrogen-bond acceptors (Lipinski definition) is 5. The van der Waals surface area contributed by atoms with Gasteiger partial charge in [-0.05, 0) is 30.3 Å². The van der Waals surface area contributed by atoms with Crippen molar-refractivity contribution in [3.63, 3.8) is 0 Å². The van der Waals surface area contributed by atoms with Gasteiger partial charge in [-0.15, -0.1) is 10.2 Å². The fourth-order valence-corrected chi connectivity index (χ4v) is 2.67. The molecule has 3 rings (SSSR count). The second kappa shape index (κ2) is 7.62. The quantitative estimate of drug-likeness (QED) is 0.438. The predicted octanol–water partition coefficient (Wildman–Crippen LogP) is 5.97.